The van der Waals surface area contributed by atoms with Crippen molar-refractivity contribution in [3.05, 3.63) is 35.5 Å². The predicted octanol–water partition coefficient (Wildman–Crippen LogP) is 2.21. The molecule has 5 heteroatoms. The zero-order valence-electron chi connectivity index (χ0n) is 9.85. The number of nitrogens with two attached hydrogens (primary N) is 1. The number of nitrogens with zero attached hydrogens (tertiary/aromatic N) is 2. The highest BCUT2D eigenvalue weighted by Crippen LogP contribution is 2.21. The minimum atomic E-state index is -0.494. The predicted molar refractivity (Wildman–Crippen MR) is 64.8 cm³/mol. The minimum absolute atomic E-state index is 0.254. The van der Waals surface area contributed by atoms with Gasteiger partial charge in [0.05, 0.1) is 6.04 Å². The molecular weight excluding hydrogens is 233 g/mol. The molecule has 2 N–H and O–H groups in total. The maximum atomic E-state index is 13.4. The lowest BCUT2D eigenvalue weighted by Gasteiger charge is -1.99. The number of terminal acetylenes is 1. The molecule has 0 fully saturated rings. The van der Waals surface area contributed by atoms with Crippen LogP contribution in [0.15, 0.2) is 22.7 Å². The number of benzene rings is 1. The molecule has 0 aliphatic rings. The van der Waals surface area contributed by atoms with Gasteiger partial charge in [0.1, 0.15) is 5.82 Å². The molecule has 2 rings (SSSR count). The van der Waals surface area contributed by atoms with E-state index in [1.54, 1.807) is 19.1 Å². The van der Waals surface area contributed by atoms with Crippen molar-refractivity contribution >= 4 is 0 Å². The molecular formula is C13H12FN3O. The molecule has 0 amide bonds. The van der Waals surface area contributed by atoms with Crippen LogP contribution in [0.2, 0.25) is 0 Å². The first kappa shape index (κ1) is 12.3. The number of rotatable bonds is 3. The third-order valence-corrected chi connectivity index (χ3v) is 2.53. The van der Waals surface area contributed by atoms with Gasteiger partial charge >= 0.3 is 0 Å². The summed E-state index contributed by atoms with van der Waals surface area (Å²) in [7, 11) is 0. The molecule has 4 nitrogen and oxygen atoms in total. The van der Waals surface area contributed by atoms with E-state index in [-0.39, 0.29) is 11.7 Å². The van der Waals surface area contributed by atoms with E-state index < -0.39 is 6.04 Å². The number of hydrogen-bond donors (Lipinski definition) is 1. The lowest BCUT2D eigenvalue weighted by molar-refractivity contribution is 0.357. The number of halogens is 1. The van der Waals surface area contributed by atoms with E-state index in [4.69, 9.17) is 16.7 Å². The molecule has 0 saturated heterocycles. The summed E-state index contributed by atoms with van der Waals surface area (Å²) in [5.41, 5.74) is 6.84. The number of hydrogen-bond acceptors (Lipinski definition) is 4. The maximum Gasteiger partial charge on any atom is 0.244 e. The van der Waals surface area contributed by atoms with Gasteiger partial charge in [0.2, 0.25) is 11.7 Å². The van der Waals surface area contributed by atoms with Crippen molar-refractivity contribution in [1.29, 1.82) is 0 Å². The van der Waals surface area contributed by atoms with Crippen LogP contribution in [0.3, 0.4) is 0 Å². The third kappa shape index (κ3) is 2.39. The Morgan fingerprint density at radius 3 is 3.00 bits per heavy atom. The Morgan fingerprint density at radius 1 is 1.56 bits per heavy atom. The molecule has 1 atom stereocenters. The highest BCUT2D eigenvalue weighted by atomic mass is 19.1. The second-order valence-electron chi connectivity index (χ2n) is 3.93. The van der Waals surface area contributed by atoms with Crippen molar-refractivity contribution in [2.45, 2.75) is 19.4 Å². The maximum absolute atomic E-state index is 13.4. The summed E-state index contributed by atoms with van der Waals surface area (Å²) < 4.78 is 18.4. The van der Waals surface area contributed by atoms with Crippen molar-refractivity contribution < 1.29 is 8.91 Å². The monoisotopic (exact) mass is 245 g/mol. The van der Waals surface area contributed by atoms with Gasteiger partial charge in [-0.15, -0.1) is 12.3 Å². The quantitative estimate of drug-likeness (QED) is 0.842. The van der Waals surface area contributed by atoms with E-state index in [1.807, 2.05) is 0 Å². The Morgan fingerprint density at radius 2 is 2.33 bits per heavy atom. The molecule has 0 aliphatic heterocycles. The second-order valence-corrected chi connectivity index (χ2v) is 3.93. The Bertz CT molecular complexity index is 601. The fourth-order valence-electron chi connectivity index (χ4n) is 1.45. The van der Waals surface area contributed by atoms with Gasteiger partial charge in [0, 0.05) is 12.0 Å². The topological polar surface area (TPSA) is 64.9 Å². The Balaban J connectivity index is 2.29. The van der Waals surface area contributed by atoms with Gasteiger partial charge in [-0.2, -0.15) is 4.98 Å². The van der Waals surface area contributed by atoms with Gasteiger partial charge in [-0.25, -0.2) is 4.39 Å². The Hall–Kier alpha value is -2.19. The summed E-state index contributed by atoms with van der Waals surface area (Å²) in [6, 6.07) is 4.24. The van der Waals surface area contributed by atoms with Crippen molar-refractivity contribution in [3.63, 3.8) is 0 Å². The average Bonchev–Trinajstić information content (AvgIpc) is 2.82. The molecule has 2 aromatic rings. The Kier molecular flexibility index (Phi) is 3.40. The SMILES string of the molecule is C#CCC(N)c1nc(-c2ccc(C)c(F)c2)no1. The zero-order chi connectivity index (χ0) is 13.1. The van der Waals surface area contributed by atoms with Gasteiger partial charge < -0.3 is 10.3 Å². The van der Waals surface area contributed by atoms with Crippen molar-refractivity contribution in [3.8, 4) is 23.7 Å². The van der Waals surface area contributed by atoms with Crippen LogP contribution in [-0.2, 0) is 0 Å². The summed E-state index contributed by atoms with van der Waals surface area (Å²) in [4.78, 5) is 4.10. The number of aromatic nitrogens is 2. The lowest BCUT2D eigenvalue weighted by Crippen LogP contribution is -2.09. The molecule has 1 aromatic heterocycles. The van der Waals surface area contributed by atoms with Crippen LogP contribution in [0.5, 0.6) is 0 Å². The largest absolute Gasteiger partial charge is 0.337 e. The van der Waals surface area contributed by atoms with Crippen LogP contribution in [-0.4, -0.2) is 10.1 Å². The third-order valence-electron chi connectivity index (χ3n) is 2.53. The van der Waals surface area contributed by atoms with Crippen molar-refractivity contribution in [2.75, 3.05) is 0 Å². The fraction of sp³-hybridized carbons (Fsp3) is 0.231. The molecule has 0 bridgehead atoms. The highest BCUT2D eigenvalue weighted by molar-refractivity contribution is 5.54. The molecule has 92 valence electrons. The van der Waals surface area contributed by atoms with Crippen molar-refractivity contribution in [1.82, 2.24) is 10.1 Å². The van der Waals surface area contributed by atoms with E-state index in [0.29, 0.717) is 23.4 Å². The molecule has 0 saturated carbocycles. The van der Waals surface area contributed by atoms with Crippen molar-refractivity contribution in [2.24, 2.45) is 5.73 Å². The molecule has 1 unspecified atom stereocenters. The van der Waals surface area contributed by atoms with E-state index in [1.165, 1.54) is 6.07 Å². The second kappa shape index (κ2) is 4.98. The van der Waals surface area contributed by atoms with Gasteiger partial charge in [0.25, 0.3) is 0 Å². The minimum Gasteiger partial charge on any atom is -0.337 e. The van der Waals surface area contributed by atoms with Crippen LogP contribution in [0.4, 0.5) is 4.39 Å². The summed E-state index contributed by atoms with van der Waals surface area (Å²) in [6.07, 6.45) is 5.46. The fourth-order valence-corrected chi connectivity index (χ4v) is 1.45. The van der Waals surface area contributed by atoms with Crippen LogP contribution in [0, 0.1) is 25.1 Å². The van der Waals surface area contributed by atoms with Gasteiger partial charge in [-0.1, -0.05) is 17.3 Å². The van der Waals surface area contributed by atoms with Crippen LogP contribution in [0.25, 0.3) is 11.4 Å². The van der Waals surface area contributed by atoms with E-state index in [9.17, 15) is 4.39 Å². The molecule has 0 spiro atoms. The molecule has 1 heterocycles. The first-order valence-corrected chi connectivity index (χ1v) is 5.41. The van der Waals surface area contributed by atoms with Gasteiger partial charge in [-0.3, -0.25) is 0 Å². The normalized spacial score (nSPS) is 12.1. The summed E-state index contributed by atoms with van der Waals surface area (Å²) in [6.45, 7) is 1.68. The van der Waals surface area contributed by atoms with Crippen LogP contribution < -0.4 is 5.73 Å². The molecule has 0 radical (unpaired) electrons. The summed E-state index contributed by atoms with van der Waals surface area (Å²) in [5, 5.41) is 3.76. The molecule has 1 aromatic carbocycles. The van der Waals surface area contributed by atoms with E-state index in [2.05, 4.69) is 16.1 Å². The summed E-state index contributed by atoms with van der Waals surface area (Å²) >= 11 is 0. The van der Waals surface area contributed by atoms with E-state index in [0.717, 1.165) is 0 Å². The number of aryl methyl sites for hydroxylation is 1. The standard InChI is InChI=1S/C13H12FN3O/c1-3-4-11(15)13-16-12(17-18-13)9-6-5-8(2)10(14)7-9/h1,5-7,11H,4,15H2,2H3. The van der Waals surface area contributed by atoms with Gasteiger partial charge in [-0.05, 0) is 18.6 Å². The lowest BCUT2D eigenvalue weighted by atomic mass is 10.1. The van der Waals surface area contributed by atoms with Crippen LogP contribution >= 0.6 is 0 Å². The highest BCUT2D eigenvalue weighted by Gasteiger charge is 2.15. The van der Waals surface area contributed by atoms with E-state index >= 15 is 0 Å². The smallest absolute Gasteiger partial charge is 0.244 e. The Labute approximate surface area is 104 Å². The zero-order valence-corrected chi connectivity index (χ0v) is 9.85. The average molecular weight is 245 g/mol. The summed E-state index contributed by atoms with van der Waals surface area (Å²) in [5.74, 6) is 2.66. The van der Waals surface area contributed by atoms with Gasteiger partial charge in [0.15, 0.2) is 0 Å². The first-order valence-electron chi connectivity index (χ1n) is 5.41. The molecule has 0 aliphatic carbocycles. The molecule has 18 heavy (non-hydrogen) atoms. The van der Waals surface area contributed by atoms with Crippen LogP contribution in [0.1, 0.15) is 23.9 Å². The first-order chi connectivity index (χ1) is 8.61.